The van der Waals surface area contributed by atoms with Gasteiger partial charge in [-0.25, -0.2) is 4.98 Å². The van der Waals surface area contributed by atoms with E-state index in [1.807, 2.05) is 11.0 Å². The van der Waals surface area contributed by atoms with Crippen LogP contribution in [0.3, 0.4) is 0 Å². The van der Waals surface area contributed by atoms with E-state index < -0.39 is 0 Å². The van der Waals surface area contributed by atoms with Gasteiger partial charge in [0, 0.05) is 23.8 Å². The number of carbonyl (C=O) groups excluding carboxylic acids is 1. The molecule has 1 amide bonds. The molecule has 0 spiro atoms. The van der Waals surface area contributed by atoms with E-state index in [1.165, 1.54) is 0 Å². The van der Waals surface area contributed by atoms with Crippen LogP contribution in [0.15, 0.2) is 22.8 Å². The summed E-state index contributed by atoms with van der Waals surface area (Å²) < 4.78 is 0.896. The van der Waals surface area contributed by atoms with E-state index in [9.17, 15) is 4.79 Å². The highest BCUT2D eigenvalue weighted by Crippen LogP contribution is 2.23. The van der Waals surface area contributed by atoms with Crippen LogP contribution in [0.25, 0.3) is 0 Å². The lowest BCUT2D eigenvalue weighted by Gasteiger charge is -2.15. The number of likely N-dealkylation sites (tertiary alicyclic amines) is 1. The molecule has 1 fully saturated rings. The predicted molar refractivity (Wildman–Crippen MR) is 66.2 cm³/mol. The minimum Gasteiger partial charge on any atom is -0.337 e. The van der Waals surface area contributed by atoms with Crippen molar-refractivity contribution in [1.82, 2.24) is 9.88 Å². The smallest absolute Gasteiger partial charge is 0.272 e. The Bertz CT molecular complexity index is 381. The molecule has 0 N–H and O–H groups in total. The van der Waals surface area contributed by atoms with E-state index >= 15 is 0 Å². The predicted octanol–water partition coefficient (Wildman–Crippen LogP) is 2.57. The lowest BCUT2D eigenvalue weighted by atomic mass is 10.0. The topological polar surface area (TPSA) is 33.2 Å². The van der Waals surface area contributed by atoms with Crippen molar-refractivity contribution in [2.75, 3.05) is 13.1 Å². The number of amides is 1. The minimum absolute atomic E-state index is 0.0451. The Balaban J connectivity index is 2.11. The highest BCUT2D eigenvalue weighted by atomic mass is 79.9. The summed E-state index contributed by atoms with van der Waals surface area (Å²) in [5.41, 5.74) is 0.532. The van der Waals surface area contributed by atoms with Gasteiger partial charge in [-0.3, -0.25) is 4.79 Å². The van der Waals surface area contributed by atoms with Gasteiger partial charge in [0.05, 0.1) is 0 Å². The summed E-state index contributed by atoms with van der Waals surface area (Å²) in [7, 11) is 0. The monoisotopic (exact) mass is 282 g/mol. The van der Waals surface area contributed by atoms with Gasteiger partial charge in [0.25, 0.3) is 5.91 Å². The average Bonchev–Trinajstić information content (AvgIpc) is 2.59. The van der Waals surface area contributed by atoms with Gasteiger partial charge in [-0.05, 0) is 39.9 Å². The molecule has 0 aromatic carbocycles. The molecule has 2 heterocycles. The molecular weight excluding hydrogens is 268 g/mol. The molecule has 0 bridgehead atoms. The van der Waals surface area contributed by atoms with E-state index in [0.29, 0.717) is 17.5 Å². The van der Waals surface area contributed by atoms with E-state index in [-0.39, 0.29) is 5.91 Å². The zero-order valence-electron chi connectivity index (χ0n) is 9.48. The lowest BCUT2D eigenvalue weighted by Crippen LogP contribution is -2.29. The summed E-state index contributed by atoms with van der Waals surface area (Å²) in [6.07, 6.45) is 1.66. The third-order valence-electron chi connectivity index (χ3n) is 3.22. The summed E-state index contributed by atoms with van der Waals surface area (Å²) in [6, 6.07) is 3.61. The second kappa shape index (κ2) is 4.53. The number of aromatic nitrogens is 1. The Morgan fingerprint density at radius 3 is 2.50 bits per heavy atom. The zero-order valence-corrected chi connectivity index (χ0v) is 11.1. The van der Waals surface area contributed by atoms with E-state index in [4.69, 9.17) is 0 Å². The molecule has 0 radical (unpaired) electrons. The standard InChI is InChI=1S/C12H15BrN2O/c1-8-6-15(7-9(8)2)12(16)11-4-3-10(13)5-14-11/h3-5,8-9H,6-7H2,1-2H3. The van der Waals surface area contributed by atoms with Gasteiger partial charge in [-0.15, -0.1) is 0 Å². The fourth-order valence-electron chi connectivity index (χ4n) is 1.96. The number of nitrogens with zero attached hydrogens (tertiary/aromatic N) is 2. The third kappa shape index (κ3) is 2.26. The maximum atomic E-state index is 12.1. The molecule has 1 aromatic heterocycles. The van der Waals surface area contributed by atoms with Gasteiger partial charge in [-0.2, -0.15) is 0 Å². The molecule has 3 nitrogen and oxygen atoms in total. The first kappa shape index (κ1) is 11.6. The number of rotatable bonds is 1. The van der Waals surface area contributed by atoms with Crippen LogP contribution in [0.1, 0.15) is 24.3 Å². The first-order valence-electron chi connectivity index (χ1n) is 5.48. The van der Waals surface area contributed by atoms with Crippen molar-refractivity contribution in [3.05, 3.63) is 28.5 Å². The Kier molecular flexibility index (Phi) is 3.28. The lowest BCUT2D eigenvalue weighted by molar-refractivity contribution is 0.0779. The Labute approximate surface area is 104 Å². The van der Waals surface area contributed by atoms with Gasteiger partial charge in [0.15, 0.2) is 0 Å². The molecule has 16 heavy (non-hydrogen) atoms. The van der Waals surface area contributed by atoms with Crippen molar-refractivity contribution in [1.29, 1.82) is 0 Å². The van der Waals surface area contributed by atoms with Gasteiger partial charge in [0.1, 0.15) is 5.69 Å². The maximum absolute atomic E-state index is 12.1. The maximum Gasteiger partial charge on any atom is 0.272 e. The zero-order chi connectivity index (χ0) is 11.7. The first-order valence-corrected chi connectivity index (χ1v) is 6.28. The minimum atomic E-state index is 0.0451. The molecule has 2 unspecified atom stereocenters. The molecule has 86 valence electrons. The molecular formula is C12H15BrN2O. The third-order valence-corrected chi connectivity index (χ3v) is 3.69. The first-order chi connectivity index (χ1) is 7.58. The molecule has 4 heteroatoms. The Hall–Kier alpha value is -0.900. The van der Waals surface area contributed by atoms with E-state index in [0.717, 1.165) is 17.6 Å². The number of hydrogen-bond donors (Lipinski definition) is 0. The van der Waals surface area contributed by atoms with Crippen LogP contribution >= 0.6 is 15.9 Å². The van der Waals surface area contributed by atoms with Crippen LogP contribution in [0.4, 0.5) is 0 Å². The summed E-state index contributed by atoms with van der Waals surface area (Å²) in [5, 5.41) is 0. The quantitative estimate of drug-likeness (QED) is 0.793. The molecule has 1 saturated heterocycles. The molecule has 0 saturated carbocycles. The van der Waals surface area contributed by atoms with Gasteiger partial charge < -0.3 is 4.90 Å². The number of carbonyl (C=O) groups is 1. The van der Waals surface area contributed by atoms with Crippen LogP contribution in [0.5, 0.6) is 0 Å². The average molecular weight is 283 g/mol. The van der Waals surface area contributed by atoms with Gasteiger partial charge in [0.2, 0.25) is 0 Å². The van der Waals surface area contributed by atoms with Crippen LogP contribution in [0, 0.1) is 11.8 Å². The van der Waals surface area contributed by atoms with Crippen molar-refractivity contribution in [3.63, 3.8) is 0 Å². The second-order valence-electron chi connectivity index (χ2n) is 4.53. The summed E-state index contributed by atoms with van der Waals surface area (Å²) in [4.78, 5) is 18.1. The van der Waals surface area contributed by atoms with Crippen LogP contribution in [0.2, 0.25) is 0 Å². The van der Waals surface area contributed by atoms with Crippen LogP contribution in [-0.4, -0.2) is 28.9 Å². The summed E-state index contributed by atoms with van der Waals surface area (Å²) >= 11 is 3.31. The molecule has 1 aliphatic rings. The van der Waals surface area contributed by atoms with E-state index in [2.05, 4.69) is 34.8 Å². The molecule has 0 aliphatic carbocycles. The molecule has 1 aromatic rings. The highest BCUT2D eigenvalue weighted by Gasteiger charge is 2.30. The van der Waals surface area contributed by atoms with Crippen molar-refractivity contribution in [2.45, 2.75) is 13.8 Å². The number of pyridine rings is 1. The van der Waals surface area contributed by atoms with Crippen molar-refractivity contribution < 1.29 is 4.79 Å². The summed E-state index contributed by atoms with van der Waals surface area (Å²) in [5.74, 6) is 1.21. The fraction of sp³-hybridized carbons (Fsp3) is 0.500. The highest BCUT2D eigenvalue weighted by molar-refractivity contribution is 9.10. The van der Waals surface area contributed by atoms with Crippen molar-refractivity contribution >= 4 is 21.8 Å². The molecule has 2 rings (SSSR count). The van der Waals surface area contributed by atoms with Crippen molar-refractivity contribution in [3.8, 4) is 0 Å². The van der Waals surface area contributed by atoms with Gasteiger partial charge >= 0.3 is 0 Å². The fourth-order valence-corrected chi connectivity index (χ4v) is 2.19. The van der Waals surface area contributed by atoms with Crippen molar-refractivity contribution in [2.24, 2.45) is 11.8 Å². The van der Waals surface area contributed by atoms with Gasteiger partial charge in [-0.1, -0.05) is 13.8 Å². The van der Waals surface area contributed by atoms with E-state index in [1.54, 1.807) is 12.3 Å². The Morgan fingerprint density at radius 2 is 2.00 bits per heavy atom. The SMILES string of the molecule is CC1CN(C(=O)c2ccc(Br)cn2)CC1C. The number of hydrogen-bond acceptors (Lipinski definition) is 2. The normalized spacial score (nSPS) is 24.8. The Morgan fingerprint density at radius 1 is 1.38 bits per heavy atom. The van der Waals surface area contributed by atoms with Crippen LogP contribution < -0.4 is 0 Å². The van der Waals surface area contributed by atoms with Crippen LogP contribution in [-0.2, 0) is 0 Å². The molecule has 2 atom stereocenters. The summed E-state index contributed by atoms with van der Waals surface area (Å²) in [6.45, 7) is 6.06. The largest absolute Gasteiger partial charge is 0.337 e. The molecule has 1 aliphatic heterocycles. The number of halogens is 1. The second-order valence-corrected chi connectivity index (χ2v) is 5.44.